The van der Waals surface area contributed by atoms with Crippen LogP contribution in [0.25, 0.3) is 0 Å². The number of hydrogen-bond acceptors (Lipinski definition) is 5. The number of amides is 1. The lowest BCUT2D eigenvalue weighted by Gasteiger charge is -2.36. The highest BCUT2D eigenvalue weighted by molar-refractivity contribution is 6.30. The van der Waals surface area contributed by atoms with Crippen LogP contribution in [0, 0.1) is 5.92 Å². The number of carbonyl (C=O) groups excluding carboxylic acids is 2. The monoisotopic (exact) mass is 414 g/mol. The molecule has 1 amide bonds. The largest absolute Gasteiger partial charge is 0.492 e. The number of fused-ring (bicyclic) bond motifs is 1. The maximum Gasteiger partial charge on any atom is 0.313 e. The summed E-state index contributed by atoms with van der Waals surface area (Å²) >= 11 is 6.02. The van der Waals surface area contributed by atoms with Crippen LogP contribution in [0.5, 0.6) is 5.75 Å². The van der Waals surface area contributed by atoms with E-state index in [1.807, 2.05) is 18.2 Å². The van der Waals surface area contributed by atoms with Crippen molar-refractivity contribution in [2.24, 2.45) is 5.92 Å². The molecule has 1 fully saturated rings. The third kappa shape index (κ3) is 4.65. The summed E-state index contributed by atoms with van der Waals surface area (Å²) in [5.41, 5.74) is 2.04. The maximum atomic E-state index is 12.5. The van der Waals surface area contributed by atoms with Crippen molar-refractivity contribution in [1.82, 2.24) is 4.90 Å². The Balaban J connectivity index is 1.24. The number of hydrogen-bond donors (Lipinski definition) is 0. The molecule has 7 heteroatoms. The molecule has 1 atom stereocenters. The molecule has 0 aromatic heterocycles. The van der Waals surface area contributed by atoms with Crippen LogP contribution in [0.2, 0.25) is 5.02 Å². The van der Waals surface area contributed by atoms with Gasteiger partial charge >= 0.3 is 5.97 Å². The molecule has 2 aromatic rings. The number of benzene rings is 2. The SMILES string of the molecule is O=C(OCC(=O)N1CCN(c2ccccc2)CC1)[C@@H]1COc2ccc(Cl)cc2C1. The zero-order valence-corrected chi connectivity index (χ0v) is 16.8. The lowest BCUT2D eigenvalue weighted by molar-refractivity contribution is -0.156. The van der Waals surface area contributed by atoms with Gasteiger partial charge in [0.2, 0.25) is 0 Å². The number of anilines is 1. The van der Waals surface area contributed by atoms with Gasteiger partial charge in [-0.05, 0) is 42.3 Å². The average molecular weight is 415 g/mol. The fourth-order valence-corrected chi connectivity index (χ4v) is 3.90. The topological polar surface area (TPSA) is 59.1 Å². The molecule has 29 heavy (non-hydrogen) atoms. The highest BCUT2D eigenvalue weighted by Crippen LogP contribution is 2.30. The summed E-state index contributed by atoms with van der Waals surface area (Å²) in [5.74, 6) is -0.257. The molecular weight excluding hydrogens is 392 g/mol. The molecule has 0 aliphatic carbocycles. The molecule has 6 nitrogen and oxygen atoms in total. The number of ether oxygens (including phenoxy) is 2. The van der Waals surface area contributed by atoms with Crippen molar-refractivity contribution in [2.45, 2.75) is 6.42 Å². The minimum atomic E-state index is -0.427. The van der Waals surface area contributed by atoms with E-state index in [1.54, 1.807) is 23.1 Å². The lowest BCUT2D eigenvalue weighted by Crippen LogP contribution is -2.50. The normalized spacial score (nSPS) is 18.6. The molecule has 2 aromatic carbocycles. The molecule has 0 unspecified atom stereocenters. The van der Waals surface area contributed by atoms with Gasteiger partial charge in [-0.15, -0.1) is 0 Å². The van der Waals surface area contributed by atoms with Crippen molar-refractivity contribution in [3.8, 4) is 5.75 Å². The number of halogens is 1. The Kier molecular flexibility index (Phi) is 5.90. The van der Waals surface area contributed by atoms with Crippen LogP contribution in [0.15, 0.2) is 48.5 Å². The van der Waals surface area contributed by atoms with Crippen molar-refractivity contribution in [1.29, 1.82) is 0 Å². The summed E-state index contributed by atoms with van der Waals surface area (Å²) in [7, 11) is 0. The number of nitrogens with zero attached hydrogens (tertiary/aromatic N) is 2. The second kappa shape index (κ2) is 8.74. The summed E-state index contributed by atoms with van der Waals surface area (Å²) in [5, 5.41) is 0.603. The number of rotatable bonds is 4. The van der Waals surface area contributed by atoms with Crippen molar-refractivity contribution in [3.05, 3.63) is 59.1 Å². The van der Waals surface area contributed by atoms with Gasteiger partial charge in [0.05, 0.1) is 5.92 Å². The lowest BCUT2D eigenvalue weighted by atomic mass is 9.97. The quantitative estimate of drug-likeness (QED) is 0.720. The second-order valence-electron chi connectivity index (χ2n) is 7.28. The Morgan fingerprint density at radius 2 is 1.83 bits per heavy atom. The van der Waals surface area contributed by atoms with Gasteiger partial charge in [-0.1, -0.05) is 29.8 Å². The minimum Gasteiger partial charge on any atom is -0.492 e. The Hall–Kier alpha value is -2.73. The van der Waals surface area contributed by atoms with Gasteiger partial charge < -0.3 is 19.3 Å². The Labute approximate surface area is 174 Å². The van der Waals surface area contributed by atoms with Crippen LogP contribution >= 0.6 is 11.6 Å². The van der Waals surface area contributed by atoms with E-state index >= 15 is 0 Å². The molecule has 2 heterocycles. The summed E-state index contributed by atoms with van der Waals surface area (Å²) in [6.07, 6.45) is 0.499. The number of piperazine rings is 1. The molecule has 2 aliphatic heterocycles. The highest BCUT2D eigenvalue weighted by atomic mass is 35.5. The van der Waals surface area contributed by atoms with Gasteiger partial charge in [0.15, 0.2) is 6.61 Å². The molecule has 4 rings (SSSR count). The summed E-state index contributed by atoms with van der Waals surface area (Å²) in [4.78, 5) is 28.9. The molecule has 0 spiro atoms. The fourth-order valence-electron chi connectivity index (χ4n) is 3.71. The second-order valence-corrected chi connectivity index (χ2v) is 7.71. The van der Waals surface area contributed by atoms with Crippen molar-refractivity contribution < 1.29 is 19.1 Å². The van der Waals surface area contributed by atoms with Gasteiger partial charge in [0, 0.05) is 36.9 Å². The first-order valence-electron chi connectivity index (χ1n) is 9.76. The minimum absolute atomic E-state index is 0.161. The number of esters is 1. The van der Waals surface area contributed by atoms with Gasteiger partial charge in [0.25, 0.3) is 5.91 Å². The molecule has 1 saturated heterocycles. The molecule has 0 bridgehead atoms. The van der Waals surface area contributed by atoms with E-state index in [0.717, 1.165) is 30.1 Å². The number of para-hydroxylation sites is 1. The molecular formula is C22H23ClN2O4. The van der Waals surface area contributed by atoms with Crippen LogP contribution in [0.3, 0.4) is 0 Å². The number of carbonyl (C=O) groups is 2. The van der Waals surface area contributed by atoms with E-state index in [1.165, 1.54) is 0 Å². The van der Waals surface area contributed by atoms with Gasteiger partial charge in [-0.25, -0.2) is 0 Å². The summed E-state index contributed by atoms with van der Waals surface area (Å²) in [6.45, 7) is 2.77. The van der Waals surface area contributed by atoms with Gasteiger partial charge in [-0.2, -0.15) is 0 Å². The van der Waals surface area contributed by atoms with Crippen molar-refractivity contribution >= 4 is 29.2 Å². The predicted octanol–water partition coefficient (Wildman–Crippen LogP) is 2.78. The van der Waals surface area contributed by atoms with E-state index in [2.05, 4.69) is 17.0 Å². The van der Waals surface area contributed by atoms with Crippen molar-refractivity contribution in [3.63, 3.8) is 0 Å². The van der Waals surface area contributed by atoms with E-state index in [4.69, 9.17) is 21.1 Å². The molecule has 152 valence electrons. The first kappa shape index (κ1) is 19.6. The van der Waals surface area contributed by atoms with Crippen LogP contribution in [-0.2, 0) is 20.7 Å². The fraction of sp³-hybridized carbons (Fsp3) is 0.364. The van der Waals surface area contributed by atoms with Crippen LogP contribution in [-0.4, -0.2) is 56.2 Å². The third-order valence-corrected chi connectivity index (χ3v) is 5.59. The summed E-state index contributed by atoms with van der Waals surface area (Å²) < 4.78 is 10.9. The van der Waals surface area contributed by atoms with Crippen LogP contribution < -0.4 is 9.64 Å². The third-order valence-electron chi connectivity index (χ3n) is 5.35. The Morgan fingerprint density at radius 1 is 1.07 bits per heavy atom. The Morgan fingerprint density at radius 3 is 2.59 bits per heavy atom. The molecule has 0 radical (unpaired) electrons. The molecule has 0 N–H and O–H groups in total. The van der Waals surface area contributed by atoms with E-state index < -0.39 is 11.9 Å². The van der Waals surface area contributed by atoms with E-state index in [9.17, 15) is 9.59 Å². The van der Waals surface area contributed by atoms with Gasteiger partial charge in [-0.3, -0.25) is 9.59 Å². The first-order chi connectivity index (χ1) is 14.1. The average Bonchev–Trinajstić information content (AvgIpc) is 2.77. The zero-order valence-electron chi connectivity index (χ0n) is 16.1. The zero-order chi connectivity index (χ0) is 20.2. The standard InChI is InChI=1S/C22H23ClN2O4/c23-18-6-7-20-16(13-18)12-17(14-28-20)22(27)29-15-21(26)25-10-8-24(9-11-25)19-4-2-1-3-5-19/h1-7,13,17H,8-12,14-15H2/t17-/m0/s1. The first-order valence-corrected chi connectivity index (χ1v) is 10.1. The smallest absolute Gasteiger partial charge is 0.313 e. The molecule has 0 saturated carbocycles. The van der Waals surface area contributed by atoms with Gasteiger partial charge in [0.1, 0.15) is 12.4 Å². The predicted molar refractivity (Wildman–Crippen MR) is 110 cm³/mol. The van der Waals surface area contributed by atoms with Crippen LogP contribution in [0.1, 0.15) is 5.56 Å². The van der Waals surface area contributed by atoms with Crippen molar-refractivity contribution in [2.75, 3.05) is 44.3 Å². The molecule has 2 aliphatic rings. The van der Waals surface area contributed by atoms with Crippen LogP contribution in [0.4, 0.5) is 5.69 Å². The Bertz CT molecular complexity index is 882. The van der Waals surface area contributed by atoms with E-state index in [0.29, 0.717) is 24.5 Å². The maximum absolute atomic E-state index is 12.5. The van der Waals surface area contributed by atoms with E-state index in [-0.39, 0.29) is 19.1 Å². The summed E-state index contributed by atoms with van der Waals surface area (Å²) in [6, 6.07) is 15.5. The highest BCUT2D eigenvalue weighted by Gasteiger charge is 2.29.